The Morgan fingerprint density at radius 3 is 2.57 bits per heavy atom. The lowest BCUT2D eigenvalue weighted by atomic mass is 10.1. The Morgan fingerprint density at radius 2 is 1.87 bits per heavy atom. The molecule has 1 fully saturated rings. The first kappa shape index (κ1) is 15.6. The maximum atomic E-state index is 12.9. The summed E-state index contributed by atoms with van der Waals surface area (Å²) in [5, 5.41) is 9.28. The zero-order valence-corrected chi connectivity index (χ0v) is 13.4. The van der Waals surface area contributed by atoms with Crippen LogP contribution in [-0.2, 0) is 0 Å². The van der Waals surface area contributed by atoms with Crippen LogP contribution in [0.3, 0.4) is 0 Å². The quantitative estimate of drug-likeness (QED) is 0.944. The number of aliphatic hydroxyl groups is 1. The number of amides is 1. The first-order valence-electron chi connectivity index (χ1n) is 7.98. The fraction of sp³-hybridized carbons (Fsp3) is 0.316. The number of rotatable bonds is 4. The zero-order valence-electron chi connectivity index (χ0n) is 13.4. The lowest BCUT2D eigenvalue weighted by Crippen LogP contribution is -2.30. The predicted octanol–water partition coefficient (Wildman–Crippen LogP) is 2.91. The van der Waals surface area contributed by atoms with E-state index in [0.29, 0.717) is 18.7 Å². The lowest BCUT2D eigenvalue weighted by Gasteiger charge is -2.24. The van der Waals surface area contributed by atoms with Gasteiger partial charge in [-0.1, -0.05) is 30.3 Å². The highest BCUT2D eigenvalue weighted by Gasteiger charge is 2.28. The second-order valence-electron chi connectivity index (χ2n) is 6.00. The maximum Gasteiger partial charge on any atom is 0.255 e. The number of anilines is 2. The third-order valence-corrected chi connectivity index (χ3v) is 4.47. The van der Waals surface area contributed by atoms with Crippen molar-refractivity contribution in [3.8, 4) is 0 Å². The van der Waals surface area contributed by atoms with Crippen molar-refractivity contribution in [3.63, 3.8) is 0 Å². The van der Waals surface area contributed by atoms with Crippen molar-refractivity contribution in [2.75, 3.05) is 31.6 Å². The van der Waals surface area contributed by atoms with Gasteiger partial charge in [-0.15, -0.1) is 0 Å². The predicted molar refractivity (Wildman–Crippen MR) is 92.0 cm³/mol. The molecule has 1 amide bonds. The van der Waals surface area contributed by atoms with Gasteiger partial charge in [0.15, 0.2) is 0 Å². The van der Waals surface area contributed by atoms with Gasteiger partial charge >= 0.3 is 0 Å². The van der Waals surface area contributed by atoms with Crippen LogP contribution in [0.4, 0.5) is 11.4 Å². The summed E-state index contributed by atoms with van der Waals surface area (Å²) in [4.78, 5) is 16.8. The van der Waals surface area contributed by atoms with Crippen LogP contribution in [0.25, 0.3) is 0 Å². The molecule has 2 aromatic rings. The van der Waals surface area contributed by atoms with E-state index in [1.165, 1.54) is 0 Å². The van der Waals surface area contributed by atoms with Gasteiger partial charge in [0.25, 0.3) is 5.91 Å². The molecule has 0 radical (unpaired) electrons. The molecule has 0 aromatic heterocycles. The van der Waals surface area contributed by atoms with Gasteiger partial charge in [0, 0.05) is 38.3 Å². The van der Waals surface area contributed by atoms with Crippen LogP contribution in [0.2, 0.25) is 0 Å². The van der Waals surface area contributed by atoms with Crippen LogP contribution >= 0.6 is 0 Å². The van der Waals surface area contributed by atoms with E-state index in [4.69, 9.17) is 0 Å². The van der Waals surface area contributed by atoms with Crippen LogP contribution in [-0.4, -0.2) is 42.7 Å². The molecular formula is C19H22N2O2. The number of nitrogens with zero attached hydrogens (tertiary/aromatic N) is 2. The Kier molecular flexibility index (Phi) is 4.63. The van der Waals surface area contributed by atoms with Gasteiger partial charge < -0.3 is 14.9 Å². The van der Waals surface area contributed by atoms with Crippen molar-refractivity contribution in [2.45, 2.75) is 6.42 Å². The van der Waals surface area contributed by atoms with E-state index < -0.39 is 0 Å². The van der Waals surface area contributed by atoms with Crippen molar-refractivity contribution < 1.29 is 9.90 Å². The molecule has 120 valence electrons. The minimum Gasteiger partial charge on any atom is -0.396 e. The van der Waals surface area contributed by atoms with Crippen LogP contribution in [0, 0.1) is 5.92 Å². The summed E-state index contributed by atoms with van der Waals surface area (Å²) in [5.74, 6) is 0.247. The van der Waals surface area contributed by atoms with Crippen molar-refractivity contribution in [1.82, 2.24) is 4.90 Å². The molecule has 4 heteroatoms. The number of para-hydroxylation sites is 2. The maximum absolute atomic E-state index is 12.9. The molecule has 23 heavy (non-hydrogen) atoms. The van der Waals surface area contributed by atoms with Gasteiger partial charge in [-0.05, 0) is 30.7 Å². The van der Waals surface area contributed by atoms with E-state index >= 15 is 0 Å². The van der Waals surface area contributed by atoms with Crippen molar-refractivity contribution >= 4 is 17.3 Å². The lowest BCUT2D eigenvalue weighted by molar-refractivity contribution is 0.0782. The van der Waals surface area contributed by atoms with E-state index in [1.807, 2.05) is 71.4 Å². The number of hydrogen-bond donors (Lipinski definition) is 1. The third-order valence-electron chi connectivity index (χ3n) is 4.47. The highest BCUT2D eigenvalue weighted by atomic mass is 16.3. The monoisotopic (exact) mass is 310 g/mol. The van der Waals surface area contributed by atoms with E-state index in [-0.39, 0.29) is 18.4 Å². The number of aliphatic hydroxyl groups excluding tert-OH is 1. The second-order valence-corrected chi connectivity index (χ2v) is 6.00. The van der Waals surface area contributed by atoms with E-state index in [1.54, 1.807) is 0 Å². The Labute approximate surface area is 137 Å². The van der Waals surface area contributed by atoms with Gasteiger partial charge in [-0.25, -0.2) is 0 Å². The summed E-state index contributed by atoms with van der Waals surface area (Å²) in [7, 11) is 1.97. The first-order chi connectivity index (χ1) is 11.2. The van der Waals surface area contributed by atoms with Gasteiger partial charge in [0.2, 0.25) is 0 Å². The van der Waals surface area contributed by atoms with Gasteiger partial charge in [0.1, 0.15) is 0 Å². The smallest absolute Gasteiger partial charge is 0.255 e. The minimum absolute atomic E-state index is 0.0410. The number of benzene rings is 2. The van der Waals surface area contributed by atoms with Gasteiger partial charge in [0.05, 0.1) is 11.3 Å². The summed E-state index contributed by atoms with van der Waals surface area (Å²) in [5.41, 5.74) is 2.65. The molecule has 1 heterocycles. The number of likely N-dealkylation sites (tertiary alicyclic amines) is 1. The van der Waals surface area contributed by atoms with Crippen LogP contribution in [0.5, 0.6) is 0 Å². The topological polar surface area (TPSA) is 43.8 Å². The van der Waals surface area contributed by atoms with Crippen LogP contribution < -0.4 is 4.90 Å². The van der Waals surface area contributed by atoms with E-state index in [9.17, 15) is 9.90 Å². The molecule has 2 aromatic carbocycles. The molecule has 1 saturated heterocycles. The molecule has 3 rings (SSSR count). The molecule has 1 N–H and O–H groups in total. The molecule has 4 nitrogen and oxygen atoms in total. The number of carbonyl (C=O) groups excluding carboxylic acids is 1. The zero-order chi connectivity index (χ0) is 16.2. The molecule has 0 saturated carbocycles. The molecule has 1 unspecified atom stereocenters. The summed E-state index contributed by atoms with van der Waals surface area (Å²) >= 11 is 0. The molecule has 1 aliphatic rings. The van der Waals surface area contributed by atoms with Gasteiger partial charge in [-0.3, -0.25) is 4.79 Å². The molecule has 0 bridgehead atoms. The summed E-state index contributed by atoms with van der Waals surface area (Å²) in [6, 6.07) is 17.7. The third kappa shape index (κ3) is 3.22. The molecule has 1 aliphatic heterocycles. The fourth-order valence-corrected chi connectivity index (χ4v) is 3.07. The minimum atomic E-state index is 0.0410. The fourth-order valence-electron chi connectivity index (χ4n) is 3.07. The first-order valence-corrected chi connectivity index (χ1v) is 7.98. The van der Waals surface area contributed by atoms with E-state index in [2.05, 4.69) is 0 Å². The number of hydrogen-bond acceptors (Lipinski definition) is 3. The Bertz CT molecular complexity index is 672. The highest BCUT2D eigenvalue weighted by molar-refractivity contribution is 6.00. The molecule has 1 atom stereocenters. The average Bonchev–Trinajstić information content (AvgIpc) is 3.10. The Balaban J connectivity index is 1.88. The van der Waals surface area contributed by atoms with E-state index in [0.717, 1.165) is 17.8 Å². The summed E-state index contributed by atoms with van der Waals surface area (Å²) < 4.78 is 0. The Hall–Kier alpha value is -2.33. The number of carbonyl (C=O) groups is 1. The molecular weight excluding hydrogens is 288 g/mol. The van der Waals surface area contributed by atoms with Gasteiger partial charge in [-0.2, -0.15) is 0 Å². The van der Waals surface area contributed by atoms with Crippen molar-refractivity contribution in [1.29, 1.82) is 0 Å². The molecule has 0 aliphatic carbocycles. The normalized spacial score (nSPS) is 17.3. The van der Waals surface area contributed by atoms with Crippen LogP contribution in [0.1, 0.15) is 16.8 Å². The largest absolute Gasteiger partial charge is 0.396 e. The SMILES string of the molecule is CN(c1ccccc1)c1ccccc1C(=O)N1CCC(CO)C1. The van der Waals surface area contributed by atoms with Crippen LogP contribution in [0.15, 0.2) is 54.6 Å². The molecule has 0 spiro atoms. The average molecular weight is 310 g/mol. The Morgan fingerprint density at radius 1 is 1.17 bits per heavy atom. The van der Waals surface area contributed by atoms with Crippen molar-refractivity contribution in [3.05, 3.63) is 60.2 Å². The van der Waals surface area contributed by atoms with Crippen molar-refractivity contribution in [2.24, 2.45) is 5.92 Å². The standard InChI is InChI=1S/C19H22N2O2/c1-20(16-7-3-2-4-8-16)18-10-6-5-9-17(18)19(23)21-12-11-15(13-21)14-22/h2-10,15,22H,11-14H2,1H3. The second kappa shape index (κ2) is 6.84. The highest BCUT2D eigenvalue weighted by Crippen LogP contribution is 2.29. The summed E-state index contributed by atoms with van der Waals surface area (Å²) in [6.45, 7) is 1.50. The summed E-state index contributed by atoms with van der Waals surface area (Å²) in [6.07, 6.45) is 0.874.